The molecule has 7 nitrogen and oxygen atoms in total. The number of benzene rings is 2. The minimum Gasteiger partial charge on any atom is -0.323 e. The average molecular weight is 456 g/mol. The molecule has 3 rings (SSSR count). The summed E-state index contributed by atoms with van der Waals surface area (Å²) >= 11 is 3.39. The van der Waals surface area contributed by atoms with Gasteiger partial charge in [0.05, 0.1) is 11.4 Å². The van der Waals surface area contributed by atoms with E-state index >= 15 is 0 Å². The molecule has 0 aliphatic carbocycles. The predicted octanol–water partition coefficient (Wildman–Crippen LogP) is 4.17. The average Bonchev–Trinajstić information content (AvgIpc) is 3.00. The van der Waals surface area contributed by atoms with Crippen LogP contribution >= 0.6 is 15.9 Å². The van der Waals surface area contributed by atoms with E-state index < -0.39 is 0 Å². The van der Waals surface area contributed by atoms with Gasteiger partial charge in [0.1, 0.15) is 6.54 Å². The van der Waals surface area contributed by atoms with Gasteiger partial charge in [-0.05, 0) is 66.9 Å². The molecule has 0 unspecified atom stereocenters. The molecule has 0 radical (unpaired) electrons. The van der Waals surface area contributed by atoms with Gasteiger partial charge in [0.15, 0.2) is 5.69 Å². The van der Waals surface area contributed by atoms with Gasteiger partial charge in [-0.15, -0.1) is 5.10 Å². The van der Waals surface area contributed by atoms with Crippen molar-refractivity contribution in [3.8, 4) is 0 Å². The summed E-state index contributed by atoms with van der Waals surface area (Å²) in [7, 11) is 0. The third-order valence-electron chi connectivity index (χ3n) is 4.55. The van der Waals surface area contributed by atoms with Gasteiger partial charge in [-0.2, -0.15) is 0 Å². The second-order valence-corrected chi connectivity index (χ2v) is 7.79. The molecule has 2 amide bonds. The van der Waals surface area contributed by atoms with Crippen LogP contribution in [-0.2, 0) is 11.3 Å². The molecule has 3 aromatic rings. The summed E-state index contributed by atoms with van der Waals surface area (Å²) < 4.78 is 2.20. The Balaban J connectivity index is 1.73. The molecule has 0 fully saturated rings. The van der Waals surface area contributed by atoms with E-state index in [1.165, 1.54) is 4.68 Å². The molecule has 0 atom stereocenters. The summed E-state index contributed by atoms with van der Waals surface area (Å²) in [6.45, 7) is 7.59. The number of carbonyl (C=O) groups excluding carboxylic acids is 2. The Morgan fingerprint density at radius 1 is 1.03 bits per heavy atom. The highest BCUT2D eigenvalue weighted by molar-refractivity contribution is 9.10. The number of aryl methyl sites for hydroxylation is 3. The first-order valence-corrected chi connectivity index (χ1v) is 9.89. The van der Waals surface area contributed by atoms with Gasteiger partial charge in [0.25, 0.3) is 5.91 Å². The first kappa shape index (κ1) is 20.7. The monoisotopic (exact) mass is 455 g/mol. The van der Waals surface area contributed by atoms with E-state index in [0.717, 1.165) is 26.9 Å². The largest absolute Gasteiger partial charge is 0.323 e. The maximum absolute atomic E-state index is 12.7. The van der Waals surface area contributed by atoms with Crippen LogP contribution in [0.3, 0.4) is 0 Å². The molecule has 0 aliphatic rings. The van der Waals surface area contributed by atoms with Crippen LogP contribution in [0.4, 0.5) is 11.4 Å². The van der Waals surface area contributed by atoms with Gasteiger partial charge in [-0.1, -0.05) is 35.0 Å². The highest BCUT2D eigenvalue weighted by Crippen LogP contribution is 2.23. The lowest BCUT2D eigenvalue weighted by Gasteiger charge is -2.12. The van der Waals surface area contributed by atoms with Gasteiger partial charge in [-0.3, -0.25) is 9.59 Å². The second-order valence-electron chi connectivity index (χ2n) is 6.94. The van der Waals surface area contributed by atoms with Crippen molar-refractivity contribution < 1.29 is 9.59 Å². The molecule has 0 aliphatic heterocycles. The van der Waals surface area contributed by atoms with Crippen molar-refractivity contribution in [2.24, 2.45) is 0 Å². The van der Waals surface area contributed by atoms with Crippen LogP contribution in [0.5, 0.6) is 0 Å². The predicted molar refractivity (Wildman–Crippen MR) is 116 cm³/mol. The zero-order chi connectivity index (χ0) is 21.1. The van der Waals surface area contributed by atoms with Crippen LogP contribution < -0.4 is 10.6 Å². The van der Waals surface area contributed by atoms with Gasteiger partial charge in [-0.25, -0.2) is 4.68 Å². The van der Waals surface area contributed by atoms with Crippen molar-refractivity contribution in [3.63, 3.8) is 0 Å². The topological polar surface area (TPSA) is 88.9 Å². The Kier molecular flexibility index (Phi) is 6.12. The quantitative estimate of drug-likeness (QED) is 0.604. The molecule has 150 valence electrons. The Morgan fingerprint density at radius 2 is 1.69 bits per heavy atom. The number of nitrogens with zero attached hydrogens (tertiary/aromatic N) is 3. The zero-order valence-electron chi connectivity index (χ0n) is 16.7. The van der Waals surface area contributed by atoms with Crippen LogP contribution in [0, 0.1) is 27.7 Å². The van der Waals surface area contributed by atoms with Crippen LogP contribution in [0.1, 0.15) is 32.9 Å². The Morgan fingerprint density at radius 3 is 2.34 bits per heavy atom. The molecule has 2 N–H and O–H groups in total. The number of halogens is 1. The fraction of sp³-hybridized carbons (Fsp3) is 0.238. The highest BCUT2D eigenvalue weighted by Gasteiger charge is 2.19. The maximum atomic E-state index is 12.7. The first-order chi connectivity index (χ1) is 13.8. The molecule has 0 spiro atoms. The molecule has 1 aromatic heterocycles. The van der Waals surface area contributed by atoms with Crippen LogP contribution in [0.15, 0.2) is 40.9 Å². The van der Waals surface area contributed by atoms with Crippen molar-refractivity contribution in [1.29, 1.82) is 0 Å². The number of aromatic nitrogens is 3. The number of para-hydroxylation sites is 1. The molecule has 2 aromatic carbocycles. The van der Waals surface area contributed by atoms with Crippen molar-refractivity contribution in [3.05, 3.63) is 68.9 Å². The summed E-state index contributed by atoms with van der Waals surface area (Å²) in [4.78, 5) is 25.1. The third kappa shape index (κ3) is 4.71. The summed E-state index contributed by atoms with van der Waals surface area (Å²) in [6.07, 6.45) is 0. The zero-order valence-corrected chi connectivity index (χ0v) is 18.3. The Hall–Kier alpha value is -3.00. The van der Waals surface area contributed by atoms with Crippen molar-refractivity contribution in [2.45, 2.75) is 34.2 Å². The number of anilines is 2. The lowest BCUT2D eigenvalue weighted by atomic mass is 10.0. The number of hydrogen-bond donors (Lipinski definition) is 2. The van der Waals surface area contributed by atoms with Crippen LogP contribution in [0.25, 0.3) is 0 Å². The van der Waals surface area contributed by atoms with E-state index in [0.29, 0.717) is 11.4 Å². The van der Waals surface area contributed by atoms with E-state index in [1.54, 1.807) is 13.0 Å². The number of carbonyl (C=O) groups is 2. The molecule has 0 bridgehead atoms. The summed E-state index contributed by atoms with van der Waals surface area (Å²) in [6, 6.07) is 11.4. The van der Waals surface area contributed by atoms with Crippen molar-refractivity contribution in [2.75, 3.05) is 10.6 Å². The highest BCUT2D eigenvalue weighted by atomic mass is 79.9. The number of hydrogen-bond acceptors (Lipinski definition) is 4. The smallest absolute Gasteiger partial charge is 0.278 e. The minimum atomic E-state index is -0.352. The van der Waals surface area contributed by atoms with E-state index in [-0.39, 0.29) is 24.1 Å². The van der Waals surface area contributed by atoms with E-state index in [4.69, 9.17) is 0 Å². The normalized spacial score (nSPS) is 10.7. The SMILES string of the molecule is Cc1cc(C)c(NC(=O)c2nnn(CC(=O)Nc3ccccc3Br)c2C)c(C)c1. The second kappa shape index (κ2) is 8.57. The molecular weight excluding hydrogens is 434 g/mol. The van der Waals surface area contributed by atoms with Gasteiger partial charge >= 0.3 is 0 Å². The summed E-state index contributed by atoms with van der Waals surface area (Å²) in [5.41, 5.74) is 5.24. The summed E-state index contributed by atoms with van der Waals surface area (Å²) in [5, 5.41) is 13.7. The molecule has 29 heavy (non-hydrogen) atoms. The van der Waals surface area contributed by atoms with Crippen LogP contribution in [-0.4, -0.2) is 26.8 Å². The fourth-order valence-electron chi connectivity index (χ4n) is 3.16. The Labute approximate surface area is 177 Å². The first-order valence-electron chi connectivity index (χ1n) is 9.10. The van der Waals surface area contributed by atoms with Crippen LogP contribution in [0.2, 0.25) is 0 Å². The maximum Gasteiger partial charge on any atom is 0.278 e. The molecule has 0 saturated carbocycles. The number of rotatable bonds is 5. The van der Waals surface area contributed by atoms with Crippen molar-refractivity contribution in [1.82, 2.24) is 15.0 Å². The lowest BCUT2D eigenvalue weighted by molar-refractivity contribution is -0.117. The van der Waals surface area contributed by atoms with Gasteiger partial charge < -0.3 is 10.6 Å². The molecule has 1 heterocycles. The number of amides is 2. The third-order valence-corrected chi connectivity index (χ3v) is 5.25. The molecule has 0 saturated heterocycles. The minimum absolute atomic E-state index is 0.0456. The number of nitrogens with one attached hydrogen (secondary N) is 2. The van der Waals surface area contributed by atoms with E-state index in [1.807, 2.05) is 51.1 Å². The molecule has 8 heteroatoms. The fourth-order valence-corrected chi connectivity index (χ4v) is 3.54. The van der Waals surface area contributed by atoms with E-state index in [2.05, 4.69) is 36.9 Å². The van der Waals surface area contributed by atoms with Gasteiger partial charge in [0, 0.05) is 10.2 Å². The summed E-state index contributed by atoms with van der Waals surface area (Å²) in [5.74, 6) is -0.614. The Bertz CT molecular complexity index is 1070. The van der Waals surface area contributed by atoms with E-state index in [9.17, 15) is 9.59 Å². The standard InChI is InChI=1S/C21H22BrN5O2/c1-12-9-13(2)19(14(3)10-12)24-21(29)20-15(4)27(26-25-20)11-18(28)23-17-8-6-5-7-16(17)22/h5-10H,11H2,1-4H3,(H,23,28)(H,24,29). The lowest BCUT2D eigenvalue weighted by Crippen LogP contribution is -2.21. The molecular formula is C21H22BrN5O2. The van der Waals surface area contributed by atoms with Gasteiger partial charge in [0.2, 0.25) is 5.91 Å². The van der Waals surface area contributed by atoms with Crippen molar-refractivity contribution >= 4 is 39.1 Å².